The van der Waals surface area contributed by atoms with Gasteiger partial charge in [-0.3, -0.25) is 19.3 Å². The van der Waals surface area contributed by atoms with Crippen molar-refractivity contribution in [3.63, 3.8) is 0 Å². The van der Waals surface area contributed by atoms with Crippen molar-refractivity contribution in [2.24, 2.45) is 17.8 Å². The van der Waals surface area contributed by atoms with Crippen molar-refractivity contribution in [1.82, 2.24) is 14.7 Å². The third kappa shape index (κ3) is 4.19. The van der Waals surface area contributed by atoms with Crippen molar-refractivity contribution in [2.75, 3.05) is 59.2 Å². The van der Waals surface area contributed by atoms with Gasteiger partial charge in [-0.15, -0.1) is 11.8 Å². The molecule has 0 radical (unpaired) electrons. The molecule has 5 aliphatic heterocycles. The van der Waals surface area contributed by atoms with Crippen LogP contribution in [-0.4, -0.2) is 119 Å². The monoisotopic (exact) mass is 519 g/mol. The van der Waals surface area contributed by atoms with E-state index in [2.05, 4.69) is 4.90 Å². The second kappa shape index (κ2) is 10.5. The summed E-state index contributed by atoms with van der Waals surface area (Å²) in [7, 11) is 0. The van der Waals surface area contributed by atoms with Crippen molar-refractivity contribution in [3.8, 4) is 0 Å². The number of morpholine rings is 1. The van der Waals surface area contributed by atoms with Crippen LogP contribution < -0.4 is 0 Å². The second-order valence-corrected chi connectivity index (χ2v) is 11.9. The van der Waals surface area contributed by atoms with Crippen LogP contribution >= 0.6 is 11.8 Å². The van der Waals surface area contributed by atoms with Crippen LogP contribution in [0.3, 0.4) is 0 Å². The molecule has 10 heteroatoms. The fourth-order valence-corrected chi connectivity index (χ4v) is 8.40. The van der Waals surface area contributed by atoms with E-state index in [0.717, 1.165) is 26.1 Å². The van der Waals surface area contributed by atoms with Crippen molar-refractivity contribution in [3.05, 3.63) is 24.3 Å². The SMILES string of the molecule is CC[C@H](C)[C@H](CO)N1C(=O)[C@@H]2[C@@H]3C(=O)OCC=C[C@@H]3S[C@@]23C=CCN(CCN2CCOCC2)C(=O)C13. The van der Waals surface area contributed by atoms with Crippen molar-refractivity contribution in [2.45, 2.75) is 42.3 Å². The Bertz CT molecular complexity index is 937. The molecule has 1 unspecified atom stereocenters. The first-order chi connectivity index (χ1) is 17.4. The summed E-state index contributed by atoms with van der Waals surface area (Å²) in [6.07, 6.45) is 8.55. The Morgan fingerprint density at radius 1 is 1.17 bits per heavy atom. The van der Waals surface area contributed by atoms with E-state index in [9.17, 15) is 19.5 Å². The Hall–Kier alpha value is -1.88. The van der Waals surface area contributed by atoms with Gasteiger partial charge in [0.1, 0.15) is 12.6 Å². The molecule has 0 saturated carbocycles. The highest BCUT2D eigenvalue weighted by atomic mass is 32.2. The molecule has 2 amide bonds. The summed E-state index contributed by atoms with van der Waals surface area (Å²) in [6, 6.07) is -1.27. The van der Waals surface area contributed by atoms with Gasteiger partial charge in [0.25, 0.3) is 0 Å². The number of esters is 1. The minimum absolute atomic E-state index is 0.00145. The summed E-state index contributed by atoms with van der Waals surface area (Å²) in [5.74, 6) is -2.07. The van der Waals surface area contributed by atoms with Gasteiger partial charge in [0.2, 0.25) is 11.8 Å². The lowest BCUT2D eigenvalue weighted by Crippen LogP contribution is -2.58. The molecular weight excluding hydrogens is 482 g/mol. The van der Waals surface area contributed by atoms with Crippen LogP contribution in [0, 0.1) is 17.8 Å². The second-order valence-electron chi connectivity index (χ2n) is 10.4. The van der Waals surface area contributed by atoms with Crippen LogP contribution in [-0.2, 0) is 23.9 Å². The number of hydrogen-bond donors (Lipinski definition) is 1. The van der Waals surface area contributed by atoms with E-state index < -0.39 is 28.7 Å². The van der Waals surface area contributed by atoms with Gasteiger partial charge in [0, 0.05) is 38.0 Å². The van der Waals surface area contributed by atoms with Gasteiger partial charge in [0.05, 0.1) is 42.4 Å². The zero-order valence-electron chi connectivity index (χ0n) is 21.1. The number of amides is 2. The number of fused-ring (bicyclic) bond motifs is 2. The maximum atomic E-state index is 14.3. The quantitative estimate of drug-likeness (QED) is 0.384. The van der Waals surface area contributed by atoms with E-state index in [-0.39, 0.29) is 42.2 Å². The number of carbonyl (C=O) groups is 3. The predicted octanol–water partition coefficient (Wildman–Crippen LogP) is 0.534. The molecule has 1 spiro atoms. The summed E-state index contributed by atoms with van der Waals surface area (Å²) in [4.78, 5) is 47.3. The first-order valence-corrected chi connectivity index (χ1v) is 14.0. The van der Waals surface area contributed by atoms with E-state index in [4.69, 9.17) is 9.47 Å². The zero-order chi connectivity index (χ0) is 25.4. The zero-order valence-corrected chi connectivity index (χ0v) is 21.9. The molecular formula is C26H37N3O6S. The Kier molecular flexibility index (Phi) is 7.49. The maximum absolute atomic E-state index is 14.3. The molecule has 5 aliphatic rings. The number of aliphatic hydroxyl groups is 1. The average molecular weight is 520 g/mol. The summed E-state index contributed by atoms with van der Waals surface area (Å²) in [6.45, 7) is 8.80. The Morgan fingerprint density at radius 3 is 2.67 bits per heavy atom. The van der Waals surface area contributed by atoms with Crippen molar-refractivity contribution < 1.29 is 29.0 Å². The first-order valence-electron chi connectivity index (χ1n) is 13.1. The van der Waals surface area contributed by atoms with Gasteiger partial charge in [-0.05, 0) is 5.92 Å². The summed E-state index contributed by atoms with van der Waals surface area (Å²) < 4.78 is 10.0. The normalized spacial score (nSPS) is 36.1. The molecule has 3 fully saturated rings. The van der Waals surface area contributed by atoms with Crippen LogP contribution in [0.4, 0.5) is 0 Å². The molecule has 198 valence electrons. The number of nitrogens with zero attached hydrogens (tertiary/aromatic N) is 3. The molecule has 3 saturated heterocycles. The number of ether oxygens (including phenoxy) is 2. The van der Waals surface area contributed by atoms with Gasteiger partial charge < -0.3 is 24.4 Å². The minimum atomic E-state index is -0.876. The predicted molar refractivity (Wildman–Crippen MR) is 135 cm³/mol. The summed E-state index contributed by atoms with van der Waals surface area (Å²) in [5.41, 5.74) is 0. The molecule has 5 heterocycles. The van der Waals surface area contributed by atoms with E-state index >= 15 is 0 Å². The van der Waals surface area contributed by atoms with Gasteiger partial charge in [-0.2, -0.15) is 0 Å². The number of aliphatic hydroxyl groups excluding tert-OH is 1. The van der Waals surface area contributed by atoms with Gasteiger partial charge in [0.15, 0.2) is 0 Å². The Morgan fingerprint density at radius 2 is 1.94 bits per heavy atom. The standard InChI is InChI=1S/C26H37N3O6S/c1-3-17(2)18(16-30)29-22-24(32)28(10-9-27-11-14-34-15-12-27)8-5-7-26(22)21(23(29)31)20-19(36-26)6-4-13-35-25(20)33/h4-7,17-22,30H,3,8-16H2,1-2H3/t17-,18-,19-,20+,21-,22?,26-/m0/s1. The van der Waals surface area contributed by atoms with Crippen molar-refractivity contribution in [1.29, 1.82) is 0 Å². The molecule has 5 rings (SSSR count). The molecule has 0 aromatic rings. The molecule has 7 atom stereocenters. The van der Waals surface area contributed by atoms with Crippen LogP contribution in [0.15, 0.2) is 24.3 Å². The van der Waals surface area contributed by atoms with Crippen LogP contribution in [0.2, 0.25) is 0 Å². The smallest absolute Gasteiger partial charge is 0.311 e. The highest BCUT2D eigenvalue weighted by Gasteiger charge is 2.72. The van der Waals surface area contributed by atoms with E-state index in [1.54, 1.807) is 16.7 Å². The molecule has 1 N–H and O–H groups in total. The number of rotatable bonds is 7. The van der Waals surface area contributed by atoms with Crippen LogP contribution in [0.25, 0.3) is 0 Å². The average Bonchev–Trinajstić information content (AvgIpc) is 3.19. The van der Waals surface area contributed by atoms with E-state index in [1.807, 2.05) is 43.1 Å². The number of carbonyl (C=O) groups excluding carboxylic acids is 3. The van der Waals surface area contributed by atoms with Gasteiger partial charge in [-0.1, -0.05) is 44.6 Å². The first kappa shape index (κ1) is 25.8. The molecule has 0 bridgehead atoms. The lowest BCUT2D eigenvalue weighted by atomic mass is 9.78. The molecule has 36 heavy (non-hydrogen) atoms. The molecule has 0 aromatic carbocycles. The van der Waals surface area contributed by atoms with Crippen LogP contribution in [0.1, 0.15) is 20.3 Å². The van der Waals surface area contributed by atoms with Gasteiger partial charge >= 0.3 is 5.97 Å². The largest absolute Gasteiger partial charge is 0.461 e. The number of hydrogen-bond acceptors (Lipinski definition) is 8. The number of cyclic esters (lactones) is 1. The third-order valence-corrected chi connectivity index (χ3v) is 10.3. The fourth-order valence-electron chi connectivity index (χ4n) is 6.41. The topological polar surface area (TPSA) is 99.6 Å². The molecule has 0 aliphatic carbocycles. The van der Waals surface area contributed by atoms with E-state index in [1.165, 1.54) is 0 Å². The third-order valence-electron chi connectivity index (χ3n) is 8.57. The lowest BCUT2D eigenvalue weighted by molar-refractivity contribution is -0.152. The highest BCUT2D eigenvalue weighted by Crippen LogP contribution is 2.61. The minimum Gasteiger partial charge on any atom is -0.461 e. The maximum Gasteiger partial charge on any atom is 0.311 e. The van der Waals surface area contributed by atoms with Crippen LogP contribution in [0.5, 0.6) is 0 Å². The Balaban J connectivity index is 1.52. The number of likely N-dealkylation sites (tertiary alicyclic amines) is 1. The lowest BCUT2D eigenvalue weighted by Gasteiger charge is -2.40. The highest BCUT2D eigenvalue weighted by molar-refractivity contribution is 8.02. The van der Waals surface area contributed by atoms with E-state index in [0.29, 0.717) is 26.3 Å². The van der Waals surface area contributed by atoms with Gasteiger partial charge in [-0.25, -0.2) is 0 Å². The molecule has 9 nitrogen and oxygen atoms in total. The summed E-state index contributed by atoms with van der Waals surface area (Å²) >= 11 is 1.54. The molecule has 0 aromatic heterocycles. The summed E-state index contributed by atoms with van der Waals surface area (Å²) in [5, 5.41) is 10.2. The Labute approximate surface area is 216 Å². The number of thioether (sulfide) groups is 1. The fraction of sp³-hybridized carbons (Fsp3) is 0.731. The van der Waals surface area contributed by atoms with Crippen molar-refractivity contribution >= 4 is 29.5 Å².